The third kappa shape index (κ3) is 4.82. The lowest BCUT2D eigenvalue weighted by Gasteiger charge is -2.33. The van der Waals surface area contributed by atoms with Gasteiger partial charge in [-0.3, -0.25) is 4.79 Å². The Morgan fingerprint density at radius 2 is 1.49 bits per heavy atom. The lowest BCUT2D eigenvalue weighted by molar-refractivity contribution is -0.146. The van der Waals surface area contributed by atoms with Gasteiger partial charge in [-0.15, -0.1) is 15.3 Å². The van der Waals surface area contributed by atoms with Crippen LogP contribution in [0.2, 0.25) is 0 Å². The lowest BCUT2D eigenvalue weighted by Crippen LogP contribution is -2.42. The number of nitrogens with zero attached hydrogens (tertiary/aromatic N) is 5. The summed E-state index contributed by atoms with van der Waals surface area (Å²) in [6, 6.07) is 22.4. The number of rotatable bonds is 5. The van der Waals surface area contributed by atoms with Gasteiger partial charge in [-0.1, -0.05) is 60.7 Å². The first-order valence-electron chi connectivity index (χ1n) is 11.3. The molecule has 0 radical (unpaired) electrons. The number of fused-ring (bicyclic) bond motifs is 1. The van der Waals surface area contributed by atoms with E-state index in [1.807, 2.05) is 65.6 Å². The minimum absolute atomic E-state index is 0.0307. The van der Waals surface area contributed by atoms with Crippen molar-refractivity contribution in [2.75, 3.05) is 18.0 Å². The zero-order chi connectivity index (χ0) is 24.4. The maximum absolute atomic E-state index is 13.2. The van der Waals surface area contributed by atoms with E-state index in [-0.39, 0.29) is 23.5 Å². The molecule has 0 saturated carbocycles. The van der Waals surface area contributed by atoms with E-state index in [9.17, 15) is 18.0 Å². The summed E-state index contributed by atoms with van der Waals surface area (Å²) < 4.78 is 40.3. The van der Waals surface area contributed by atoms with E-state index < -0.39 is 12.0 Å². The Bertz CT molecular complexity index is 1260. The average molecular weight is 480 g/mol. The second kappa shape index (κ2) is 9.36. The van der Waals surface area contributed by atoms with Gasteiger partial charge in [0.2, 0.25) is 5.91 Å². The molecule has 0 unspecified atom stereocenters. The van der Waals surface area contributed by atoms with E-state index in [0.717, 1.165) is 15.6 Å². The molecule has 0 spiro atoms. The van der Waals surface area contributed by atoms with Crippen LogP contribution in [-0.4, -0.2) is 38.8 Å². The van der Waals surface area contributed by atoms with Gasteiger partial charge >= 0.3 is 6.18 Å². The Morgan fingerprint density at radius 3 is 2.06 bits per heavy atom. The van der Waals surface area contributed by atoms with Crippen LogP contribution < -0.4 is 10.2 Å². The van der Waals surface area contributed by atoms with Gasteiger partial charge < -0.3 is 10.2 Å². The number of hydrogen-bond donors (Lipinski definition) is 1. The zero-order valence-electron chi connectivity index (χ0n) is 18.7. The number of halogens is 3. The topological polar surface area (TPSA) is 75.4 Å². The quantitative estimate of drug-likeness (QED) is 0.462. The molecule has 180 valence electrons. The number of piperidine rings is 1. The summed E-state index contributed by atoms with van der Waals surface area (Å²) in [7, 11) is 0. The molecule has 7 nitrogen and oxygen atoms in total. The van der Waals surface area contributed by atoms with E-state index in [1.54, 1.807) is 6.07 Å². The van der Waals surface area contributed by atoms with Gasteiger partial charge in [-0.2, -0.15) is 17.7 Å². The number of amides is 1. The number of alkyl halides is 3. The fourth-order valence-electron chi connectivity index (χ4n) is 4.41. The predicted octanol–water partition coefficient (Wildman–Crippen LogP) is 4.27. The summed E-state index contributed by atoms with van der Waals surface area (Å²) in [4.78, 5) is 15.1. The van der Waals surface area contributed by atoms with E-state index in [4.69, 9.17) is 0 Å². The number of aromatic nitrogens is 4. The third-order valence-electron chi connectivity index (χ3n) is 6.24. The van der Waals surface area contributed by atoms with Gasteiger partial charge in [-0.05, 0) is 36.1 Å². The van der Waals surface area contributed by atoms with Crippen LogP contribution >= 0.6 is 0 Å². The fraction of sp³-hybridized carbons (Fsp3) is 0.280. The molecule has 0 aliphatic carbocycles. The Balaban J connectivity index is 1.28. The van der Waals surface area contributed by atoms with E-state index in [2.05, 4.69) is 20.6 Å². The van der Waals surface area contributed by atoms with Gasteiger partial charge in [0.15, 0.2) is 5.65 Å². The van der Waals surface area contributed by atoms with E-state index >= 15 is 0 Å². The van der Waals surface area contributed by atoms with Gasteiger partial charge in [0.05, 0.1) is 6.04 Å². The molecule has 2 aromatic heterocycles. The van der Waals surface area contributed by atoms with Crippen LogP contribution in [0.25, 0.3) is 5.65 Å². The highest BCUT2D eigenvalue weighted by atomic mass is 19.4. The van der Waals surface area contributed by atoms with Gasteiger partial charge in [0.25, 0.3) is 5.82 Å². The summed E-state index contributed by atoms with van der Waals surface area (Å²) in [5, 5.41) is 14.1. The van der Waals surface area contributed by atoms with Gasteiger partial charge in [0, 0.05) is 19.0 Å². The fourth-order valence-corrected chi connectivity index (χ4v) is 4.41. The molecule has 1 aliphatic rings. The number of carbonyl (C=O) groups excluding carboxylic acids is 1. The number of hydrogen-bond acceptors (Lipinski definition) is 5. The molecule has 1 fully saturated rings. The Hall–Kier alpha value is -3.95. The smallest absolute Gasteiger partial charge is 0.355 e. The van der Waals surface area contributed by atoms with Crippen molar-refractivity contribution in [3.63, 3.8) is 0 Å². The van der Waals surface area contributed by atoms with Crippen molar-refractivity contribution in [1.29, 1.82) is 0 Å². The largest absolute Gasteiger partial charge is 0.453 e. The van der Waals surface area contributed by atoms with Crippen molar-refractivity contribution in [1.82, 2.24) is 25.1 Å². The summed E-state index contributed by atoms with van der Waals surface area (Å²) >= 11 is 0. The van der Waals surface area contributed by atoms with Gasteiger partial charge in [-0.25, -0.2) is 0 Å². The minimum Gasteiger partial charge on any atom is -0.355 e. The first kappa shape index (κ1) is 22.8. The van der Waals surface area contributed by atoms with Crippen LogP contribution in [0.1, 0.15) is 35.8 Å². The highest BCUT2D eigenvalue weighted by Gasteiger charge is 2.38. The molecular weight excluding hydrogens is 457 g/mol. The second-order valence-corrected chi connectivity index (χ2v) is 8.51. The lowest BCUT2D eigenvalue weighted by atomic mass is 9.93. The Labute approximate surface area is 199 Å². The monoisotopic (exact) mass is 480 g/mol. The molecule has 1 aliphatic heterocycles. The maximum Gasteiger partial charge on any atom is 0.453 e. The molecule has 0 bridgehead atoms. The van der Waals surface area contributed by atoms with Crippen LogP contribution in [0.3, 0.4) is 0 Å². The van der Waals surface area contributed by atoms with Crippen molar-refractivity contribution >= 4 is 17.4 Å². The summed E-state index contributed by atoms with van der Waals surface area (Å²) in [6.07, 6.45) is -3.52. The third-order valence-corrected chi connectivity index (χ3v) is 6.24. The number of anilines is 1. The standard InChI is InChI=1S/C25H23F3N6O/c26-25(27,28)24-31-30-20-11-12-21(32-34(20)24)33-15-13-19(14-16-33)23(35)29-22(17-7-3-1-4-8-17)18-9-5-2-6-10-18/h1-12,19,22H,13-16H2,(H,29,35). The molecule has 0 atom stereocenters. The molecular formula is C25H23F3N6O. The van der Waals surface area contributed by atoms with E-state index in [1.165, 1.54) is 6.07 Å². The molecule has 3 heterocycles. The number of carbonyl (C=O) groups is 1. The predicted molar refractivity (Wildman–Crippen MR) is 124 cm³/mol. The molecule has 35 heavy (non-hydrogen) atoms. The van der Waals surface area contributed by atoms with Crippen molar-refractivity contribution in [3.05, 3.63) is 89.7 Å². The first-order chi connectivity index (χ1) is 16.9. The van der Waals surface area contributed by atoms with Crippen molar-refractivity contribution in [2.45, 2.75) is 25.1 Å². The average Bonchev–Trinajstić information content (AvgIpc) is 3.32. The molecule has 1 saturated heterocycles. The van der Waals surface area contributed by atoms with Crippen LogP contribution in [-0.2, 0) is 11.0 Å². The molecule has 10 heteroatoms. The van der Waals surface area contributed by atoms with Crippen LogP contribution in [0.15, 0.2) is 72.8 Å². The summed E-state index contributed by atoms with van der Waals surface area (Å²) in [5.74, 6) is -1.00. The second-order valence-electron chi connectivity index (χ2n) is 8.51. The first-order valence-corrected chi connectivity index (χ1v) is 11.3. The summed E-state index contributed by atoms with van der Waals surface area (Å²) in [5.41, 5.74) is 2.02. The molecule has 1 N–H and O–H groups in total. The van der Waals surface area contributed by atoms with E-state index in [0.29, 0.717) is 31.7 Å². The van der Waals surface area contributed by atoms with Crippen molar-refractivity contribution < 1.29 is 18.0 Å². The highest BCUT2D eigenvalue weighted by molar-refractivity contribution is 5.80. The molecule has 4 aromatic rings. The Morgan fingerprint density at radius 1 is 0.886 bits per heavy atom. The molecule has 2 aromatic carbocycles. The van der Waals surface area contributed by atoms with Crippen LogP contribution in [0, 0.1) is 5.92 Å². The summed E-state index contributed by atoms with van der Waals surface area (Å²) in [6.45, 7) is 1.00. The van der Waals surface area contributed by atoms with Crippen LogP contribution in [0.5, 0.6) is 0 Å². The Kier molecular flexibility index (Phi) is 6.10. The SMILES string of the molecule is O=C(NC(c1ccccc1)c1ccccc1)C1CCN(c2ccc3nnc(C(F)(F)F)n3n2)CC1. The number of benzene rings is 2. The van der Waals surface area contributed by atoms with Gasteiger partial charge in [0.1, 0.15) is 5.82 Å². The molecule has 5 rings (SSSR count). The minimum atomic E-state index is -4.65. The highest BCUT2D eigenvalue weighted by Crippen LogP contribution is 2.29. The van der Waals surface area contributed by atoms with Crippen molar-refractivity contribution in [3.8, 4) is 0 Å². The normalized spacial score (nSPS) is 15.0. The van der Waals surface area contributed by atoms with Crippen LogP contribution in [0.4, 0.5) is 19.0 Å². The molecule has 1 amide bonds. The maximum atomic E-state index is 13.2. The number of nitrogens with one attached hydrogen (secondary N) is 1. The zero-order valence-corrected chi connectivity index (χ0v) is 18.7. The van der Waals surface area contributed by atoms with Crippen molar-refractivity contribution in [2.24, 2.45) is 5.92 Å².